The molecular formula is C30H24F3N9O3. The van der Waals surface area contributed by atoms with Gasteiger partial charge in [-0.3, -0.25) is 0 Å². The van der Waals surface area contributed by atoms with Crippen molar-refractivity contribution in [3.8, 4) is 22.6 Å². The van der Waals surface area contributed by atoms with Crippen molar-refractivity contribution in [1.82, 2.24) is 40.2 Å². The first-order valence-corrected chi connectivity index (χ1v) is 13.7. The number of aliphatic carboxylic acids is 1. The number of rotatable bonds is 5. The number of aromatic amines is 1. The van der Waals surface area contributed by atoms with E-state index in [4.69, 9.17) is 29.7 Å². The van der Waals surface area contributed by atoms with Crippen molar-refractivity contribution in [2.75, 3.05) is 31.2 Å². The van der Waals surface area contributed by atoms with Crippen molar-refractivity contribution in [3.05, 3.63) is 84.3 Å². The van der Waals surface area contributed by atoms with Crippen molar-refractivity contribution in [2.45, 2.75) is 6.18 Å². The molecular weight excluding hydrogens is 591 g/mol. The SMILES string of the molecule is C(=C\c1nc2c(N3CCOCC3)ccnn2c1-c1cccc(-c2nnn[nH]2)c1)/c1ccc2ccccc2n1.O=C(O)C(F)(F)F. The van der Waals surface area contributed by atoms with E-state index >= 15 is 0 Å². The number of alkyl halides is 3. The Kier molecular flexibility index (Phi) is 8.16. The summed E-state index contributed by atoms with van der Waals surface area (Å²) in [6, 6.07) is 22.3. The second-order valence-corrected chi connectivity index (χ2v) is 9.79. The van der Waals surface area contributed by atoms with Crippen LogP contribution in [0.25, 0.3) is 51.3 Å². The van der Waals surface area contributed by atoms with Gasteiger partial charge in [0.2, 0.25) is 0 Å². The maximum absolute atomic E-state index is 10.6. The van der Waals surface area contributed by atoms with E-state index < -0.39 is 12.1 Å². The average Bonchev–Trinajstić information content (AvgIpc) is 3.73. The highest BCUT2D eigenvalue weighted by Crippen LogP contribution is 2.32. The molecule has 12 nitrogen and oxygen atoms in total. The third kappa shape index (κ3) is 6.47. The van der Waals surface area contributed by atoms with E-state index in [-0.39, 0.29) is 0 Å². The summed E-state index contributed by atoms with van der Waals surface area (Å²) in [5, 5.41) is 27.3. The van der Waals surface area contributed by atoms with Gasteiger partial charge in [0.1, 0.15) is 5.69 Å². The van der Waals surface area contributed by atoms with Crippen LogP contribution in [0.2, 0.25) is 0 Å². The van der Waals surface area contributed by atoms with Gasteiger partial charge in [-0.05, 0) is 46.8 Å². The minimum Gasteiger partial charge on any atom is -0.475 e. The van der Waals surface area contributed by atoms with E-state index in [0.29, 0.717) is 19.0 Å². The molecule has 5 heterocycles. The van der Waals surface area contributed by atoms with Crippen molar-refractivity contribution in [3.63, 3.8) is 0 Å². The van der Waals surface area contributed by atoms with Crippen LogP contribution in [0.5, 0.6) is 0 Å². The van der Waals surface area contributed by atoms with Crippen LogP contribution in [0, 0.1) is 0 Å². The van der Waals surface area contributed by atoms with E-state index in [9.17, 15) is 13.2 Å². The third-order valence-electron chi connectivity index (χ3n) is 6.91. The minimum absolute atomic E-state index is 0.597. The van der Waals surface area contributed by atoms with Crippen LogP contribution in [0.1, 0.15) is 11.4 Å². The van der Waals surface area contributed by atoms with E-state index in [1.54, 1.807) is 0 Å². The highest BCUT2D eigenvalue weighted by atomic mass is 19.4. The van der Waals surface area contributed by atoms with Gasteiger partial charge >= 0.3 is 12.1 Å². The van der Waals surface area contributed by atoms with Gasteiger partial charge in [0.05, 0.1) is 42.0 Å². The van der Waals surface area contributed by atoms with Gasteiger partial charge in [-0.15, -0.1) is 5.10 Å². The van der Waals surface area contributed by atoms with Crippen molar-refractivity contribution in [2.24, 2.45) is 0 Å². The van der Waals surface area contributed by atoms with Crippen molar-refractivity contribution >= 4 is 40.4 Å². The molecule has 7 rings (SSSR count). The Morgan fingerprint density at radius 3 is 2.49 bits per heavy atom. The summed E-state index contributed by atoms with van der Waals surface area (Å²) >= 11 is 0. The monoisotopic (exact) mass is 615 g/mol. The third-order valence-corrected chi connectivity index (χ3v) is 6.91. The Morgan fingerprint density at radius 1 is 0.956 bits per heavy atom. The fraction of sp³-hybridized carbons (Fsp3) is 0.167. The Balaban J connectivity index is 0.000000460. The predicted molar refractivity (Wildman–Crippen MR) is 159 cm³/mol. The summed E-state index contributed by atoms with van der Waals surface area (Å²) < 4.78 is 39.2. The quantitative estimate of drug-likeness (QED) is 0.278. The van der Waals surface area contributed by atoms with E-state index in [2.05, 4.69) is 37.7 Å². The van der Waals surface area contributed by atoms with E-state index in [0.717, 1.165) is 63.5 Å². The first-order chi connectivity index (χ1) is 21.8. The number of pyridine rings is 1. The summed E-state index contributed by atoms with van der Waals surface area (Å²) in [5.41, 5.74) is 7.12. The number of carbonyl (C=O) groups is 1. The number of ether oxygens (including phenoxy) is 1. The van der Waals surface area contributed by atoms with Gasteiger partial charge in [0, 0.05) is 29.6 Å². The molecule has 2 aromatic carbocycles. The molecule has 0 bridgehead atoms. The highest BCUT2D eigenvalue weighted by molar-refractivity contribution is 5.85. The number of halogens is 3. The summed E-state index contributed by atoms with van der Waals surface area (Å²) in [4.78, 5) is 21.1. The number of H-pyrrole nitrogens is 1. The first-order valence-electron chi connectivity index (χ1n) is 13.7. The van der Waals surface area contributed by atoms with Gasteiger partial charge in [-0.25, -0.2) is 24.4 Å². The fourth-order valence-electron chi connectivity index (χ4n) is 4.82. The number of benzene rings is 2. The molecule has 1 aliphatic heterocycles. The molecule has 0 spiro atoms. The maximum Gasteiger partial charge on any atom is 0.490 e. The Bertz CT molecular complexity index is 1990. The van der Waals surface area contributed by atoms with E-state index in [1.165, 1.54) is 0 Å². The van der Waals surface area contributed by atoms with Crippen LogP contribution in [0.4, 0.5) is 18.9 Å². The molecule has 1 saturated heterocycles. The zero-order chi connectivity index (χ0) is 31.4. The average molecular weight is 616 g/mol. The number of tetrazole rings is 1. The lowest BCUT2D eigenvalue weighted by Crippen LogP contribution is -2.36. The number of hydrogen-bond acceptors (Lipinski definition) is 9. The van der Waals surface area contributed by atoms with Crippen LogP contribution in [0.15, 0.2) is 72.9 Å². The largest absolute Gasteiger partial charge is 0.490 e. The Morgan fingerprint density at radius 2 is 1.73 bits per heavy atom. The number of nitrogens with zero attached hydrogens (tertiary/aromatic N) is 8. The minimum atomic E-state index is -5.08. The molecule has 45 heavy (non-hydrogen) atoms. The summed E-state index contributed by atoms with van der Waals surface area (Å²) in [6.45, 7) is 3.00. The van der Waals surface area contributed by atoms with Crippen LogP contribution in [-0.4, -0.2) is 83.8 Å². The molecule has 4 aromatic heterocycles. The van der Waals surface area contributed by atoms with Gasteiger partial charge in [0.25, 0.3) is 0 Å². The zero-order valence-corrected chi connectivity index (χ0v) is 23.4. The lowest BCUT2D eigenvalue weighted by atomic mass is 10.1. The van der Waals surface area contributed by atoms with Crippen LogP contribution >= 0.6 is 0 Å². The second kappa shape index (κ2) is 12.5. The lowest BCUT2D eigenvalue weighted by Gasteiger charge is -2.28. The first kappa shape index (κ1) is 29.4. The number of aromatic nitrogens is 8. The van der Waals surface area contributed by atoms with Crippen molar-refractivity contribution < 1.29 is 27.8 Å². The number of para-hydroxylation sites is 1. The maximum atomic E-state index is 10.6. The number of imidazole rings is 1. The molecule has 2 N–H and O–H groups in total. The number of fused-ring (bicyclic) bond motifs is 2. The van der Waals surface area contributed by atoms with Gasteiger partial charge in [-0.2, -0.15) is 18.3 Å². The fourth-order valence-corrected chi connectivity index (χ4v) is 4.82. The molecule has 0 saturated carbocycles. The molecule has 0 atom stereocenters. The van der Waals surface area contributed by atoms with E-state index in [1.807, 2.05) is 77.5 Å². The predicted octanol–water partition coefficient (Wildman–Crippen LogP) is 4.76. The molecule has 0 aliphatic carbocycles. The van der Waals surface area contributed by atoms with Crippen LogP contribution in [-0.2, 0) is 9.53 Å². The Labute approximate surface area is 252 Å². The summed E-state index contributed by atoms with van der Waals surface area (Å²) in [7, 11) is 0. The number of anilines is 1. The Hall–Kier alpha value is -5.70. The van der Waals surface area contributed by atoms with Crippen LogP contribution < -0.4 is 4.90 Å². The molecule has 0 radical (unpaired) electrons. The number of morpholine rings is 1. The molecule has 1 fully saturated rings. The standard InChI is InChI=1S/C28H23N9O.C2HF3O2/c1-2-7-23-19(4-1)8-9-22(30-23)10-11-24-26(20-5-3-6-21(18-20)27-32-34-35-33-27)37-28(31-24)25(12-13-29-37)36-14-16-38-17-15-36;3-2(4,5)1(6)7/h1-13,18H,14-17H2,(H,32,33,34,35);(H,6,7)/b11-10+;. The molecule has 15 heteroatoms. The zero-order valence-electron chi connectivity index (χ0n) is 23.4. The van der Waals surface area contributed by atoms with Gasteiger partial charge in [0.15, 0.2) is 11.5 Å². The number of hydrogen-bond donors (Lipinski definition) is 2. The lowest BCUT2D eigenvalue weighted by molar-refractivity contribution is -0.192. The molecule has 6 aromatic rings. The normalized spacial score (nSPS) is 13.7. The number of nitrogens with one attached hydrogen (secondary N) is 1. The summed E-state index contributed by atoms with van der Waals surface area (Å²) in [5.74, 6) is -2.16. The second-order valence-electron chi connectivity index (χ2n) is 9.79. The highest BCUT2D eigenvalue weighted by Gasteiger charge is 2.38. The van der Waals surface area contributed by atoms with Gasteiger partial charge in [-0.1, -0.05) is 42.5 Å². The van der Waals surface area contributed by atoms with Crippen molar-refractivity contribution in [1.29, 1.82) is 0 Å². The van der Waals surface area contributed by atoms with Gasteiger partial charge < -0.3 is 14.7 Å². The smallest absolute Gasteiger partial charge is 0.475 e. The molecule has 228 valence electrons. The topological polar surface area (TPSA) is 147 Å². The molecule has 0 amide bonds. The number of carboxylic acids is 1. The molecule has 0 unspecified atom stereocenters. The molecule has 1 aliphatic rings. The summed E-state index contributed by atoms with van der Waals surface area (Å²) in [6.07, 6.45) is 0.745. The number of carboxylic acid groups (broad SMARTS) is 1. The van der Waals surface area contributed by atoms with Crippen LogP contribution in [0.3, 0.4) is 0 Å².